The van der Waals surface area contributed by atoms with Crippen LogP contribution >= 0.6 is 0 Å². The maximum Gasteiger partial charge on any atom is 0.311 e. The summed E-state index contributed by atoms with van der Waals surface area (Å²) in [5.41, 5.74) is 8.62. The van der Waals surface area contributed by atoms with E-state index < -0.39 is 28.3 Å². The summed E-state index contributed by atoms with van der Waals surface area (Å²) in [5, 5.41) is 5.78. The lowest BCUT2D eigenvalue weighted by molar-refractivity contribution is 0.538. The first-order chi connectivity index (χ1) is 24.7. The number of halogens is 2. The zero-order valence-electron chi connectivity index (χ0n) is 30.5. The number of hydrogen-bond acceptors (Lipinski definition) is 6. The molecular weight excluding hydrogens is 683 g/mol. The molecule has 0 saturated carbocycles. The highest BCUT2D eigenvalue weighted by Crippen LogP contribution is 2.48. The van der Waals surface area contributed by atoms with Crippen LogP contribution in [0, 0.1) is 26.0 Å². The Kier molecular flexibility index (Phi) is 7.89. The van der Waals surface area contributed by atoms with Gasteiger partial charge in [0, 0.05) is 11.1 Å². The van der Waals surface area contributed by atoms with Gasteiger partial charge >= 0.3 is 12.2 Å². The normalized spacial score (nSPS) is 12.4. The zero-order chi connectivity index (χ0) is 36.7. The fourth-order valence-corrected chi connectivity index (χ4v) is 8.66. The molecule has 2 aromatic heterocycles. The van der Waals surface area contributed by atoms with Crippen LogP contribution < -0.4 is 10.9 Å². The van der Waals surface area contributed by atoms with Crippen molar-refractivity contribution >= 4 is 59.4 Å². The minimum Gasteiger partial charge on any atom is -0.218 e. The summed E-state index contributed by atoms with van der Waals surface area (Å²) in [5.74, 6) is 0.440. The molecule has 52 heavy (non-hydrogen) atoms. The van der Waals surface area contributed by atoms with E-state index >= 15 is 8.78 Å². The van der Waals surface area contributed by atoms with Crippen LogP contribution in [0.25, 0.3) is 77.3 Å². The van der Waals surface area contributed by atoms with Gasteiger partial charge in [0.1, 0.15) is 27.0 Å². The Balaban J connectivity index is 1.61. The van der Waals surface area contributed by atoms with Crippen LogP contribution in [0.1, 0.15) is 11.1 Å². The van der Waals surface area contributed by atoms with Crippen molar-refractivity contribution in [3.8, 4) is 45.0 Å². The van der Waals surface area contributed by atoms with Gasteiger partial charge in [-0.15, -0.1) is 0 Å². The van der Waals surface area contributed by atoms with Crippen LogP contribution in [-0.2, 0) is 0 Å². The predicted molar refractivity (Wildman–Crippen MR) is 214 cm³/mol. The molecule has 0 N–H and O–H groups in total. The number of rotatable bonds is 6. The Labute approximate surface area is 303 Å². The van der Waals surface area contributed by atoms with E-state index in [1.165, 1.54) is 0 Å². The molecule has 0 aliphatic heterocycles. The highest BCUT2D eigenvalue weighted by molar-refractivity contribution is 6.87. The summed E-state index contributed by atoms with van der Waals surface area (Å²) in [4.78, 5) is 26.8. The fourth-order valence-electron chi connectivity index (χ4n) is 6.92. The molecule has 0 aliphatic carbocycles. The number of benzene rings is 6. The Morgan fingerprint density at radius 3 is 1.19 bits per heavy atom. The van der Waals surface area contributed by atoms with Gasteiger partial charge in [0.25, 0.3) is 0 Å². The summed E-state index contributed by atoms with van der Waals surface area (Å²) in [6.45, 7) is 16.6. The van der Waals surface area contributed by atoms with E-state index in [4.69, 9.17) is 9.97 Å². The summed E-state index contributed by atoms with van der Waals surface area (Å²) in [6.07, 6.45) is -1.66. The van der Waals surface area contributed by atoms with Gasteiger partial charge in [0.2, 0.25) is 0 Å². The molecule has 0 saturated heterocycles. The molecule has 6 aromatic carbocycles. The molecule has 0 atom stereocenters. The number of hydrogen-bond donors (Lipinski definition) is 0. The van der Waals surface area contributed by atoms with Crippen LogP contribution in [0.4, 0.5) is 8.78 Å². The molecule has 0 fully saturated rings. The van der Waals surface area contributed by atoms with Gasteiger partial charge in [-0.25, -0.2) is 9.97 Å². The van der Waals surface area contributed by atoms with Crippen molar-refractivity contribution in [1.29, 1.82) is 0 Å². The maximum absolute atomic E-state index is 15.4. The summed E-state index contributed by atoms with van der Waals surface area (Å²) in [6, 6.07) is 29.6. The molecule has 8 rings (SSSR count). The lowest BCUT2D eigenvalue weighted by atomic mass is 9.82. The second-order valence-electron chi connectivity index (χ2n) is 15.8. The number of nitrogens with zero attached hydrogens (tertiary/aromatic N) is 6. The lowest BCUT2D eigenvalue weighted by Gasteiger charge is -2.22. The highest BCUT2D eigenvalue weighted by Gasteiger charge is 2.28. The van der Waals surface area contributed by atoms with Gasteiger partial charge < -0.3 is 0 Å². The third-order valence-electron chi connectivity index (χ3n) is 9.64. The Morgan fingerprint density at radius 1 is 0.423 bits per heavy atom. The molecule has 0 bridgehead atoms. The van der Waals surface area contributed by atoms with E-state index in [2.05, 4.69) is 152 Å². The average Bonchev–Trinajstić information content (AvgIpc) is 3.09. The van der Waals surface area contributed by atoms with E-state index in [9.17, 15) is 0 Å². The lowest BCUT2D eigenvalue weighted by Crippen LogP contribution is -2.43. The minimum atomic E-state index is -2.17. The predicted octanol–water partition coefficient (Wildman–Crippen LogP) is 9.61. The van der Waals surface area contributed by atoms with Crippen LogP contribution in [-0.4, -0.2) is 46.1 Å². The standard InChI is InChI=1S/C42H38F2N6Si2/c1-23-12-16-25(17-13-23)29-20-31-33(37-45-39(43)49-41(47-37)51(3,4)5)22-34(38-46-40(44)50-42(48-38)52(6,7)8)32-21-30(26-18-14-24(2)15-19-26)28-11-9-10-27(29)35(28)36(31)32/h9-22H,1-8H3. The van der Waals surface area contributed by atoms with Crippen molar-refractivity contribution in [1.82, 2.24) is 29.9 Å². The molecule has 6 nitrogen and oxygen atoms in total. The van der Waals surface area contributed by atoms with Crippen LogP contribution in [0.15, 0.2) is 84.9 Å². The summed E-state index contributed by atoms with van der Waals surface area (Å²) >= 11 is 0. The smallest absolute Gasteiger partial charge is 0.218 e. The van der Waals surface area contributed by atoms with Gasteiger partial charge in [-0.05, 0) is 86.6 Å². The van der Waals surface area contributed by atoms with Crippen molar-refractivity contribution in [2.24, 2.45) is 0 Å². The van der Waals surface area contributed by atoms with Crippen molar-refractivity contribution in [3.63, 3.8) is 0 Å². The first-order valence-electron chi connectivity index (χ1n) is 17.4. The quantitative estimate of drug-likeness (QED) is 0.126. The van der Waals surface area contributed by atoms with E-state index in [-0.39, 0.29) is 11.6 Å². The van der Waals surface area contributed by atoms with Crippen molar-refractivity contribution in [3.05, 3.63) is 108 Å². The molecule has 258 valence electrons. The van der Waals surface area contributed by atoms with E-state index in [0.717, 1.165) is 65.7 Å². The molecule has 0 spiro atoms. The molecule has 0 aliphatic rings. The second kappa shape index (κ2) is 12.1. The SMILES string of the molecule is Cc1ccc(-c2cc3c(-c4nc(F)nc([Si](C)(C)C)n4)cc(-c4nc(F)nc([Si](C)(C)C)n4)c4cc(-c5ccc(C)cc5)c5cccc2c5c34)cc1. The van der Waals surface area contributed by atoms with Crippen molar-refractivity contribution in [2.45, 2.75) is 53.1 Å². The molecule has 8 aromatic rings. The van der Waals surface area contributed by atoms with Crippen LogP contribution in [0.3, 0.4) is 0 Å². The van der Waals surface area contributed by atoms with E-state index in [1.807, 2.05) is 6.07 Å². The van der Waals surface area contributed by atoms with E-state index in [1.54, 1.807) is 0 Å². The van der Waals surface area contributed by atoms with Gasteiger partial charge in [0.15, 0.2) is 11.6 Å². The number of aryl methyl sites for hydroxylation is 2. The molecule has 0 radical (unpaired) electrons. The monoisotopic (exact) mass is 720 g/mol. The van der Waals surface area contributed by atoms with Gasteiger partial charge in [-0.1, -0.05) is 117 Å². The van der Waals surface area contributed by atoms with Gasteiger partial charge in [0.05, 0.1) is 0 Å². The second-order valence-corrected chi connectivity index (χ2v) is 25.6. The third-order valence-corrected chi connectivity index (χ3v) is 12.8. The first kappa shape index (κ1) is 33.8. The number of aromatic nitrogens is 6. The van der Waals surface area contributed by atoms with Gasteiger partial charge in [-0.3, -0.25) is 0 Å². The Morgan fingerprint density at radius 2 is 0.808 bits per heavy atom. The fraction of sp³-hybridized carbons (Fsp3) is 0.190. The Bertz CT molecular complexity index is 2510. The minimum absolute atomic E-state index is 0.220. The summed E-state index contributed by atoms with van der Waals surface area (Å²) < 4.78 is 30.9. The maximum atomic E-state index is 15.4. The highest BCUT2D eigenvalue weighted by atomic mass is 28.3. The Hall–Kier alpha value is -5.33. The van der Waals surface area contributed by atoms with Crippen molar-refractivity contribution < 1.29 is 8.78 Å². The van der Waals surface area contributed by atoms with Gasteiger partial charge in [-0.2, -0.15) is 28.7 Å². The average molecular weight is 721 g/mol. The molecule has 2 heterocycles. The van der Waals surface area contributed by atoms with E-state index in [0.29, 0.717) is 22.0 Å². The third kappa shape index (κ3) is 5.85. The topological polar surface area (TPSA) is 77.3 Å². The first-order valence-corrected chi connectivity index (χ1v) is 24.4. The molecular formula is C42H38F2N6Si2. The molecule has 0 amide bonds. The largest absolute Gasteiger partial charge is 0.311 e. The summed E-state index contributed by atoms with van der Waals surface area (Å²) in [7, 11) is -4.34. The van der Waals surface area contributed by atoms with Crippen LogP contribution in [0.5, 0.6) is 0 Å². The molecule has 10 heteroatoms. The molecule has 0 unspecified atom stereocenters. The zero-order valence-corrected chi connectivity index (χ0v) is 32.5. The van der Waals surface area contributed by atoms with Crippen LogP contribution in [0.2, 0.25) is 39.3 Å². The van der Waals surface area contributed by atoms with Crippen molar-refractivity contribution in [2.75, 3.05) is 0 Å².